The number of rotatable bonds is 3. The highest BCUT2D eigenvalue weighted by Crippen LogP contribution is 2.37. The van der Waals surface area contributed by atoms with Crippen LogP contribution >= 0.6 is 0 Å². The summed E-state index contributed by atoms with van der Waals surface area (Å²) in [5.41, 5.74) is 9.31. The largest absolute Gasteiger partial charge is 0.481 e. The van der Waals surface area contributed by atoms with Gasteiger partial charge in [0.15, 0.2) is 0 Å². The lowest BCUT2D eigenvalue weighted by Gasteiger charge is -2.32. The van der Waals surface area contributed by atoms with Crippen molar-refractivity contribution in [2.24, 2.45) is 5.73 Å². The van der Waals surface area contributed by atoms with Crippen LogP contribution in [0, 0.1) is 13.8 Å². The molecule has 0 saturated carbocycles. The van der Waals surface area contributed by atoms with Crippen LogP contribution in [0.5, 0.6) is 5.75 Å². The van der Waals surface area contributed by atoms with Crippen molar-refractivity contribution in [3.8, 4) is 5.75 Å². The summed E-state index contributed by atoms with van der Waals surface area (Å²) in [4.78, 5) is 2.46. The Balaban J connectivity index is 1.78. The SMILES string of the molecule is Cc1cc2c(cc1C)OC1(C=C2)CCN(CCCN)C1. The van der Waals surface area contributed by atoms with Crippen molar-refractivity contribution in [2.45, 2.75) is 32.3 Å². The lowest BCUT2D eigenvalue weighted by atomic mass is 9.95. The van der Waals surface area contributed by atoms with Crippen molar-refractivity contribution in [2.75, 3.05) is 26.2 Å². The Morgan fingerprint density at radius 1 is 1.30 bits per heavy atom. The lowest BCUT2D eigenvalue weighted by molar-refractivity contribution is 0.123. The predicted molar refractivity (Wildman–Crippen MR) is 83.0 cm³/mol. The second kappa shape index (κ2) is 5.23. The van der Waals surface area contributed by atoms with Gasteiger partial charge < -0.3 is 10.5 Å². The van der Waals surface area contributed by atoms with E-state index in [4.69, 9.17) is 10.5 Å². The number of ether oxygens (including phenoxy) is 1. The summed E-state index contributed by atoms with van der Waals surface area (Å²) in [6, 6.07) is 4.40. The van der Waals surface area contributed by atoms with E-state index in [0.717, 1.165) is 44.8 Å². The first kappa shape index (κ1) is 13.7. The molecule has 1 unspecified atom stereocenters. The van der Waals surface area contributed by atoms with Gasteiger partial charge in [0.25, 0.3) is 0 Å². The van der Waals surface area contributed by atoms with E-state index in [1.54, 1.807) is 0 Å². The Kier molecular flexibility index (Phi) is 3.57. The molecule has 0 aliphatic carbocycles. The van der Waals surface area contributed by atoms with Crippen LogP contribution in [0.25, 0.3) is 6.08 Å². The third-order valence-electron chi connectivity index (χ3n) is 4.53. The van der Waals surface area contributed by atoms with E-state index < -0.39 is 0 Å². The van der Waals surface area contributed by atoms with Crippen LogP contribution in [0.4, 0.5) is 0 Å². The number of likely N-dealkylation sites (tertiary alicyclic amines) is 1. The predicted octanol–water partition coefficient (Wildman–Crippen LogP) is 2.50. The van der Waals surface area contributed by atoms with E-state index in [1.165, 1.54) is 16.7 Å². The summed E-state index contributed by atoms with van der Waals surface area (Å²) in [5.74, 6) is 1.04. The third kappa shape index (κ3) is 2.48. The van der Waals surface area contributed by atoms with Gasteiger partial charge in [0.2, 0.25) is 0 Å². The number of benzene rings is 1. The average Bonchev–Trinajstić information content (AvgIpc) is 2.81. The molecule has 0 amide bonds. The highest BCUT2D eigenvalue weighted by Gasteiger charge is 2.39. The molecule has 20 heavy (non-hydrogen) atoms. The minimum atomic E-state index is -0.122. The molecule has 3 nitrogen and oxygen atoms in total. The van der Waals surface area contributed by atoms with Crippen LogP contribution in [-0.2, 0) is 0 Å². The molecule has 0 bridgehead atoms. The molecule has 2 N–H and O–H groups in total. The molecule has 1 atom stereocenters. The first-order valence-electron chi connectivity index (χ1n) is 7.54. The van der Waals surface area contributed by atoms with Crippen molar-refractivity contribution in [1.82, 2.24) is 4.90 Å². The highest BCUT2D eigenvalue weighted by atomic mass is 16.5. The van der Waals surface area contributed by atoms with Crippen molar-refractivity contribution < 1.29 is 4.74 Å². The number of hydrogen-bond donors (Lipinski definition) is 1. The topological polar surface area (TPSA) is 38.5 Å². The summed E-state index contributed by atoms with van der Waals surface area (Å²) in [6.45, 7) is 8.22. The monoisotopic (exact) mass is 272 g/mol. The maximum atomic E-state index is 6.37. The van der Waals surface area contributed by atoms with Crippen molar-refractivity contribution in [1.29, 1.82) is 0 Å². The molecular formula is C17H24N2O. The first-order valence-corrected chi connectivity index (χ1v) is 7.54. The second-order valence-corrected chi connectivity index (χ2v) is 6.14. The van der Waals surface area contributed by atoms with Crippen LogP contribution in [0.1, 0.15) is 29.5 Å². The first-order chi connectivity index (χ1) is 9.62. The molecule has 0 radical (unpaired) electrons. The van der Waals surface area contributed by atoms with Gasteiger partial charge in [0, 0.05) is 25.1 Å². The van der Waals surface area contributed by atoms with Gasteiger partial charge in [-0.25, -0.2) is 0 Å². The number of aryl methyl sites for hydroxylation is 2. The standard InChI is InChI=1S/C17H24N2O/c1-13-10-15-4-5-17(20-16(15)11-14(13)2)6-9-19(12-17)8-3-7-18/h4-5,10-11H,3,6-9,12,18H2,1-2H3. The molecule has 2 aliphatic heterocycles. The molecule has 2 aliphatic rings. The molecule has 0 aromatic heterocycles. The summed E-state index contributed by atoms with van der Waals surface area (Å²) in [7, 11) is 0. The Morgan fingerprint density at radius 3 is 2.90 bits per heavy atom. The summed E-state index contributed by atoms with van der Waals surface area (Å²) in [5, 5.41) is 0. The molecule has 3 rings (SSSR count). The Morgan fingerprint density at radius 2 is 2.10 bits per heavy atom. The number of fused-ring (bicyclic) bond motifs is 1. The van der Waals surface area contributed by atoms with E-state index in [9.17, 15) is 0 Å². The normalized spacial score (nSPS) is 24.9. The van der Waals surface area contributed by atoms with E-state index >= 15 is 0 Å². The highest BCUT2D eigenvalue weighted by molar-refractivity contribution is 5.63. The Hall–Kier alpha value is -1.32. The smallest absolute Gasteiger partial charge is 0.141 e. The fourth-order valence-electron chi connectivity index (χ4n) is 3.13. The quantitative estimate of drug-likeness (QED) is 0.919. The lowest BCUT2D eigenvalue weighted by Crippen LogP contribution is -2.39. The van der Waals surface area contributed by atoms with Crippen molar-refractivity contribution in [3.05, 3.63) is 34.9 Å². The van der Waals surface area contributed by atoms with E-state index in [0.29, 0.717) is 0 Å². The van der Waals surface area contributed by atoms with Gasteiger partial charge in [-0.1, -0.05) is 6.08 Å². The summed E-state index contributed by atoms with van der Waals surface area (Å²) < 4.78 is 6.37. The molecule has 2 heterocycles. The van der Waals surface area contributed by atoms with Crippen LogP contribution in [0.2, 0.25) is 0 Å². The summed E-state index contributed by atoms with van der Waals surface area (Å²) >= 11 is 0. The van der Waals surface area contributed by atoms with Gasteiger partial charge >= 0.3 is 0 Å². The van der Waals surface area contributed by atoms with Crippen LogP contribution < -0.4 is 10.5 Å². The maximum Gasteiger partial charge on any atom is 0.141 e. The van der Waals surface area contributed by atoms with Gasteiger partial charge in [0.1, 0.15) is 11.4 Å². The number of nitrogens with two attached hydrogens (primary N) is 1. The minimum Gasteiger partial charge on any atom is -0.481 e. The molecular weight excluding hydrogens is 248 g/mol. The zero-order valence-corrected chi connectivity index (χ0v) is 12.5. The van der Waals surface area contributed by atoms with Gasteiger partial charge in [-0.15, -0.1) is 0 Å². The summed E-state index contributed by atoms with van der Waals surface area (Å²) in [6.07, 6.45) is 6.62. The molecule has 1 aromatic carbocycles. The zero-order valence-electron chi connectivity index (χ0n) is 12.5. The molecule has 108 valence electrons. The Bertz CT molecular complexity index is 538. The molecule has 1 fully saturated rings. The number of hydrogen-bond acceptors (Lipinski definition) is 3. The van der Waals surface area contributed by atoms with Gasteiger partial charge in [-0.05, 0) is 62.7 Å². The van der Waals surface area contributed by atoms with Gasteiger partial charge in [-0.3, -0.25) is 4.90 Å². The van der Waals surface area contributed by atoms with Crippen LogP contribution in [-0.4, -0.2) is 36.7 Å². The Labute approximate surface area is 121 Å². The van der Waals surface area contributed by atoms with Gasteiger partial charge in [0.05, 0.1) is 0 Å². The van der Waals surface area contributed by atoms with Gasteiger partial charge in [-0.2, -0.15) is 0 Å². The third-order valence-corrected chi connectivity index (χ3v) is 4.53. The van der Waals surface area contributed by atoms with Crippen LogP contribution in [0.15, 0.2) is 18.2 Å². The van der Waals surface area contributed by atoms with E-state index in [-0.39, 0.29) is 5.60 Å². The average molecular weight is 272 g/mol. The second-order valence-electron chi connectivity index (χ2n) is 6.14. The van der Waals surface area contributed by atoms with E-state index in [2.05, 4.69) is 43.0 Å². The van der Waals surface area contributed by atoms with E-state index in [1.807, 2.05) is 0 Å². The van der Waals surface area contributed by atoms with Crippen LogP contribution in [0.3, 0.4) is 0 Å². The fraction of sp³-hybridized carbons (Fsp3) is 0.529. The number of nitrogens with zero attached hydrogens (tertiary/aromatic N) is 1. The molecule has 3 heteroatoms. The molecule has 1 saturated heterocycles. The fourth-order valence-corrected chi connectivity index (χ4v) is 3.13. The molecule has 1 spiro atoms. The molecule has 1 aromatic rings. The van der Waals surface area contributed by atoms with Crippen molar-refractivity contribution >= 4 is 6.08 Å². The maximum absolute atomic E-state index is 6.37. The minimum absolute atomic E-state index is 0.122. The zero-order chi connectivity index (χ0) is 14.2. The van der Waals surface area contributed by atoms with Crippen molar-refractivity contribution in [3.63, 3.8) is 0 Å².